The fraction of sp³-hybridized carbons (Fsp3) is 0.409. The largest absolute Gasteiger partial charge is 0.380 e. The Hall–Kier alpha value is -1.64. The lowest BCUT2D eigenvalue weighted by Crippen LogP contribution is -2.26. The molecule has 0 saturated carbocycles. The number of anilines is 1. The Labute approximate surface area is 185 Å². The van der Waals surface area contributed by atoms with Crippen molar-refractivity contribution in [2.24, 2.45) is 16.6 Å². The van der Waals surface area contributed by atoms with E-state index in [0.29, 0.717) is 18.5 Å². The highest BCUT2D eigenvalue weighted by Gasteiger charge is 2.21. The van der Waals surface area contributed by atoms with Crippen molar-refractivity contribution in [2.75, 3.05) is 38.6 Å². The molecule has 1 heterocycles. The number of aliphatic imine (C=N–C) groups is 1. The number of nitrogens with one attached hydrogen (secondary N) is 1. The fourth-order valence-electron chi connectivity index (χ4n) is 3.53. The third kappa shape index (κ3) is 7.07. The van der Waals surface area contributed by atoms with Crippen LogP contribution in [0.3, 0.4) is 0 Å². The number of guanidine groups is 1. The third-order valence-corrected chi connectivity index (χ3v) is 5.03. The summed E-state index contributed by atoms with van der Waals surface area (Å²) < 4.78 is 5.23. The van der Waals surface area contributed by atoms with Crippen LogP contribution in [0.5, 0.6) is 0 Å². The van der Waals surface area contributed by atoms with Gasteiger partial charge >= 0.3 is 0 Å². The number of likely N-dealkylation sites (tertiary alicyclic amines) is 1. The number of nitrogens with zero attached hydrogens (tertiary/aromatic N) is 2. The molecule has 0 amide bonds. The molecule has 0 radical (unpaired) electrons. The molecule has 0 bridgehead atoms. The first kappa shape index (κ1) is 22.6. The highest BCUT2D eigenvalue weighted by Crippen LogP contribution is 2.18. The predicted molar refractivity (Wildman–Crippen MR) is 127 cm³/mol. The Morgan fingerprint density at radius 1 is 1.18 bits per heavy atom. The molecule has 1 unspecified atom stereocenters. The maximum absolute atomic E-state index is 6.10. The Balaban J connectivity index is 0.00000280. The van der Waals surface area contributed by atoms with E-state index < -0.39 is 0 Å². The molecule has 1 atom stereocenters. The van der Waals surface area contributed by atoms with Crippen molar-refractivity contribution in [2.45, 2.75) is 19.4 Å². The second-order valence-electron chi connectivity index (χ2n) is 7.13. The van der Waals surface area contributed by atoms with Crippen molar-refractivity contribution in [1.29, 1.82) is 0 Å². The summed E-state index contributed by atoms with van der Waals surface area (Å²) in [6.45, 7) is 4.69. The number of halogens is 1. The average molecular weight is 494 g/mol. The van der Waals surface area contributed by atoms with E-state index in [1.54, 1.807) is 7.11 Å². The smallest absolute Gasteiger partial charge is 0.193 e. The molecule has 1 saturated heterocycles. The van der Waals surface area contributed by atoms with Gasteiger partial charge in [-0.2, -0.15) is 0 Å². The number of nitrogens with two attached hydrogens (primary N) is 1. The maximum Gasteiger partial charge on any atom is 0.193 e. The molecule has 0 aromatic heterocycles. The molecule has 28 heavy (non-hydrogen) atoms. The predicted octanol–water partition coefficient (Wildman–Crippen LogP) is 3.74. The van der Waals surface area contributed by atoms with Crippen LogP contribution in [0.2, 0.25) is 0 Å². The SMILES string of the molecule is COCc1ccccc1NC(N)=NCC1CCN(CCc2ccccc2)C1.I. The number of methoxy groups -OCH3 is 1. The van der Waals surface area contributed by atoms with Gasteiger partial charge in [0.05, 0.1) is 6.61 Å². The summed E-state index contributed by atoms with van der Waals surface area (Å²) in [5.74, 6) is 1.05. The van der Waals surface area contributed by atoms with Crippen molar-refractivity contribution >= 4 is 35.6 Å². The van der Waals surface area contributed by atoms with E-state index in [2.05, 4.69) is 45.5 Å². The minimum atomic E-state index is 0. The van der Waals surface area contributed by atoms with Gasteiger partial charge in [0.15, 0.2) is 5.96 Å². The molecule has 1 aliphatic heterocycles. The molecule has 1 aliphatic rings. The first-order valence-electron chi connectivity index (χ1n) is 9.64. The number of rotatable bonds is 8. The van der Waals surface area contributed by atoms with Crippen LogP contribution in [0.25, 0.3) is 0 Å². The van der Waals surface area contributed by atoms with E-state index in [0.717, 1.165) is 43.9 Å². The number of hydrogen-bond acceptors (Lipinski definition) is 3. The van der Waals surface area contributed by atoms with Gasteiger partial charge in [-0.25, -0.2) is 0 Å². The summed E-state index contributed by atoms with van der Waals surface area (Å²) in [5.41, 5.74) is 9.54. The van der Waals surface area contributed by atoms with Gasteiger partial charge in [-0.05, 0) is 36.9 Å². The van der Waals surface area contributed by atoms with Crippen molar-refractivity contribution < 1.29 is 4.74 Å². The lowest BCUT2D eigenvalue weighted by molar-refractivity contribution is 0.185. The van der Waals surface area contributed by atoms with Crippen LogP contribution >= 0.6 is 24.0 Å². The second-order valence-corrected chi connectivity index (χ2v) is 7.13. The minimum Gasteiger partial charge on any atom is -0.380 e. The lowest BCUT2D eigenvalue weighted by Gasteiger charge is -2.15. The van der Waals surface area contributed by atoms with Crippen LogP contribution in [-0.2, 0) is 17.8 Å². The van der Waals surface area contributed by atoms with E-state index in [9.17, 15) is 0 Å². The van der Waals surface area contributed by atoms with Crippen LogP contribution in [-0.4, -0.2) is 44.1 Å². The fourth-order valence-corrected chi connectivity index (χ4v) is 3.53. The van der Waals surface area contributed by atoms with Crippen molar-refractivity contribution in [1.82, 2.24) is 4.90 Å². The van der Waals surface area contributed by atoms with Gasteiger partial charge in [-0.3, -0.25) is 4.99 Å². The molecular formula is C22H31IN4O. The number of ether oxygens (including phenoxy) is 1. The van der Waals surface area contributed by atoms with Crippen LogP contribution in [0.1, 0.15) is 17.5 Å². The van der Waals surface area contributed by atoms with E-state index in [1.807, 2.05) is 24.3 Å². The second kappa shape index (κ2) is 12.0. The van der Waals surface area contributed by atoms with E-state index in [4.69, 9.17) is 10.5 Å². The Kier molecular flexibility index (Phi) is 9.73. The van der Waals surface area contributed by atoms with E-state index in [1.165, 1.54) is 12.0 Å². The highest BCUT2D eigenvalue weighted by atomic mass is 127. The monoisotopic (exact) mass is 494 g/mol. The molecule has 2 aromatic carbocycles. The summed E-state index contributed by atoms with van der Waals surface area (Å²) in [6, 6.07) is 18.7. The third-order valence-electron chi connectivity index (χ3n) is 5.03. The van der Waals surface area contributed by atoms with Crippen molar-refractivity contribution in [3.8, 4) is 0 Å². The first-order chi connectivity index (χ1) is 13.2. The highest BCUT2D eigenvalue weighted by molar-refractivity contribution is 14.0. The Bertz CT molecular complexity index is 738. The van der Waals surface area contributed by atoms with Crippen LogP contribution in [0.4, 0.5) is 5.69 Å². The molecule has 5 nitrogen and oxygen atoms in total. The summed E-state index contributed by atoms with van der Waals surface area (Å²) >= 11 is 0. The van der Waals surface area contributed by atoms with E-state index in [-0.39, 0.29) is 24.0 Å². The van der Waals surface area contributed by atoms with Gasteiger partial charge < -0.3 is 20.7 Å². The maximum atomic E-state index is 6.10. The molecule has 1 fully saturated rings. The molecule has 6 heteroatoms. The van der Waals surface area contributed by atoms with Gasteiger partial charge in [0.25, 0.3) is 0 Å². The first-order valence-corrected chi connectivity index (χ1v) is 9.64. The molecule has 3 N–H and O–H groups in total. The Morgan fingerprint density at radius 3 is 2.71 bits per heavy atom. The number of benzene rings is 2. The zero-order chi connectivity index (χ0) is 18.9. The van der Waals surface area contributed by atoms with Gasteiger partial charge in [0, 0.05) is 38.0 Å². The number of hydrogen-bond donors (Lipinski definition) is 2. The zero-order valence-electron chi connectivity index (χ0n) is 16.5. The normalized spacial score (nSPS) is 17.3. The molecular weight excluding hydrogens is 463 g/mol. The van der Waals surface area contributed by atoms with Gasteiger partial charge in [0.2, 0.25) is 0 Å². The van der Waals surface area contributed by atoms with Crippen LogP contribution in [0, 0.1) is 5.92 Å². The van der Waals surface area contributed by atoms with Crippen molar-refractivity contribution in [3.05, 3.63) is 65.7 Å². The van der Waals surface area contributed by atoms with Crippen molar-refractivity contribution in [3.63, 3.8) is 0 Å². The summed E-state index contributed by atoms with van der Waals surface area (Å²) in [7, 11) is 1.69. The van der Waals surface area contributed by atoms with Gasteiger partial charge in [-0.1, -0.05) is 48.5 Å². The Morgan fingerprint density at radius 2 is 1.93 bits per heavy atom. The molecule has 152 valence electrons. The lowest BCUT2D eigenvalue weighted by atomic mass is 10.1. The van der Waals surface area contributed by atoms with Crippen LogP contribution < -0.4 is 11.1 Å². The minimum absolute atomic E-state index is 0. The molecule has 0 aliphatic carbocycles. The average Bonchev–Trinajstić information content (AvgIpc) is 3.15. The summed E-state index contributed by atoms with van der Waals surface area (Å²) in [5, 5.41) is 3.21. The van der Waals surface area contributed by atoms with Crippen LogP contribution in [0.15, 0.2) is 59.6 Å². The molecule has 3 rings (SSSR count). The number of para-hydroxylation sites is 1. The van der Waals surface area contributed by atoms with E-state index >= 15 is 0 Å². The van der Waals surface area contributed by atoms with Gasteiger partial charge in [0.1, 0.15) is 0 Å². The molecule has 2 aromatic rings. The molecule has 0 spiro atoms. The summed E-state index contributed by atoms with van der Waals surface area (Å²) in [4.78, 5) is 7.10. The standard InChI is InChI=1S/C22H30N4O.HI/c1-27-17-20-9-5-6-10-21(20)25-22(23)24-15-19-12-14-26(16-19)13-11-18-7-3-2-4-8-18;/h2-10,19H,11-17H2,1H3,(H3,23,24,25);1H. The summed E-state index contributed by atoms with van der Waals surface area (Å²) in [6.07, 6.45) is 2.29. The van der Waals surface area contributed by atoms with Gasteiger partial charge in [-0.15, -0.1) is 24.0 Å². The zero-order valence-corrected chi connectivity index (χ0v) is 18.8. The topological polar surface area (TPSA) is 62.9 Å². The quantitative estimate of drug-likeness (QED) is 0.334.